The van der Waals surface area contributed by atoms with E-state index in [0.717, 1.165) is 11.4 Å². The standard InChI is InChI=1S/C14H19ClN2O2/c1-9(8-18)17(2)14(19)16-13-7-12(13)10-3-5-11(15)6-4-10/h3-6,9,12-13,18H,7-8H2,1-2H3,(H,16,19). The van der Waals surface area contributed by atoms with Gasteiger partial charge in [0.1, 0.15) is 0 Å². The summed E-state index contributed by atoms with van der Waals surface area (Å²) >= 11 is 5.85. The van der Waals surface area contributed by atoms with Crippen LogP contribution in [0.25, 0.3) is 0 Å². The quantitative estimate of drug-likeness (QED) is 0.890. The molecule has 0 bridgehead atoms. The average molecular weight is 283 g/mol. The fraction of sp³-hybridized carbons (Fsp3) is 0.500. The monoisotopic (exact) mass is 282 g/mol. The van der Waals surface area contributed by atoms with Gasteiger partial charge in [-0.2, -0.15) is 0 Å². The van der Waals surface area contributed by atoms with E-state index in [9.17, 15) is 4.79 Å². The number of urea groups is 1. The van der Waals surface area contributed by atoms with Gasteiger partial charge >= 0.3 is 6.03 Å². The molecule has 5 heteroatoms. The van der Waals surface area contributed by atoms with Gasteiger partial charge in [-0.3, -0.25) is 0 Å². The Morgan fingerprint density at radius 2 is 2.16 bits per heavy atom. The maximum absolute atomic E-state index is 11.9. The number of carbonyl (C=O) groups is 1. The lowest BCUT2D eigenvalue weighted by Gasteiger charge is -2.23. The van der Waals surface area contributed by atoms with Crippen molar-refractivity contribution >= 4 is 17.6 Å². The van der Waals surface area contributed by atoms with E-state index >= 15 is 0 Å². The Balaban J connectivity index is 1.87. The van der Waals surface area contributed by atoms with Gasteiger partial charge in [0.2, 0.25) is 0 Å². The number of rotatable bonds is 4. The SMILES string of the molecule is CC(CO)N(C)C(=O)NC1CC1c1ccc(Cl)cc1. The first-order chi connectivity index (χ1) is 9.02. The van der Waals surface area contributed by atoms with Gasteiger partial charge in [-0.05, 0) is 31.0 Å². The van der Waals surface area contributed by atoms with E-state index in [4.69, 9.17) is 16.7 Å². The molecule has 0 radical (unpaired) electrons. The molecule has 0 saturated heterocycles. The van der Waals surface area contributed by atoms with Crippen molar-refractivity contribution in [2.45, 2.75) is 31.3 Å². The Kier molecular flexibility index (Phi) is 4.32. The Labute approximate surface area is 118 Å². The molecule has 2 rings (SSSR count). The van der Waals surface area contributed by atoms with Crippen LogP contribution in [0.1, 0.15) is 24.8 Å². The number of benzene rings is 1. The first-order valence-electron chi connectivity index (χ1n) is 6.42. The fourth-order valence-electron chi connectivity index (χ4n) is 2.02. The fourth-order valence-corrected chi connectivity index (χ4v) is 2.14. The number of halogens is 1. The summed E-state index contributed by atoms with van der Waals surface area (Å²) in [6.07, 6.45) is 0.953. The first-order valence-corrected chi connectivity index (χ1v) is 6.80. The van der Waals surface area contributed by atoms with Gasteiger partial charge in [-0.15, -0.1) is 0 Å². The number of likely N-dealkylation sites (N-methyl/N-ethyl adjacent to an activating group) is 1. The Hall–Kier alpha value is -1.26. The molecule has 104 valence electrons. The highest BCUT2D eigenvalue weighted by Crippen LogP contribution is 2.41. The van der Waals surface area contributed by atoms with Gasteiger partial charge < -0.3 is 15.3 Å². The lowest BCUT2D eigenvalue weighted by atomic mass is 10.1. The van der Waals surface area contributed by atoms with Crippen LogP contribution in [0.2, 0.25) is 5.02 Å². The van der Waals surface area contributed by atoms with Crippen LogP contribution in [-0.2, 0) is 0 Å². The summed E-state index contributed by atoms with van der Waals surface area (Å²) in [7, 11) is 1.69. The number of nitrogens with one attached hydrogen (secondary N) is 1. The second-order valence-corrected chi connectivity index (χ2v) is 5.53. The molecule has 1 fully saturated rings. The van der Waals surface area contributed by atoms with Crippen molar-refractivity contribution in [1.82, 2.24) is 10.2 Å². The van der Waals surface area contributed by atoms with Gasteiger partial charge in [-0.25, -0.2) is 4.79 Å². The molecule has 1 aliphatic rings. The van der Waals surface area contributed by atoms with Crippen molar-refractivity contribution in [3.8, 4) is 0 Å². The molecule has 0 aromatic heterocycles. The predicted octanol–water partition coefficient (Wildman–Crippen LogP) is 2.22. The van der Waals surface area contributed by atoms with E-state index in [1.165, 1.54) is 10.5 Å². The van der Waals surface area contributed by atoms with Crippen LogP contribution >= 0.6 is 11.6 Å². The summed E-state index contributed by atoms with van der Waals surface area (Å²) in [5.41, 5.74) is 1.20. The molecule has 4 nitrogen and oxygen atoms in total. The topological polar surface area (TPSA) is 52.6 Å². The zero-order valence-electron chi connectivity index (χ0n) is 11.1. The second-order valence-electron chi connectivity index (χ2n) is 5.09. The highest BCUT2D eigenvalue weighted by Gasteiger charge is 2.40. The minimum atomic E-state index is -0.173. The summed E-state index contributed by atoms with van der Waals surface area (Å²) < 4.78 is 0. The number of nitrogens with zero attached hydrogens (tertiary/aromatic N) is 1. The van der Waals surface area contributed by atoms with Crippen molar-refractivity contribution in [3.63, 3.8) is 0 Å². The zero-order valence-corrected chi connectivity index (χ0v) is 11.9. The lowest BCUT2D eigenvalue weighted by Crippen LogP contribution is -2.44. The Morgan fingerprint density at radius 3 is 2.74 bits per heavy atom. The van der Waals surface area contributed by atoms with Gasteiger partial charge in [0, 0.05) is 24.0 Å². The summed E-state index contributed by atoms with van der Waals surface area (Å²) in [4.78, 5) is 13.4. The third-order valence-electron chi connectivity index (χ3n) is 3.64. The number of aliphatic hydroxyl groups is 1. The number of hydrogen-bond donors (Lipinski definition) is 2. The van der Waals surface area contributed by atoms with Crippen LogP contribution in [0.5, 0.6) is 0 Å². The van der Waals surface area contributed by atoms with Crippen LogP contribution in [0.15, 0.2) is 24.3 Å². The molecule has 1 aromatic carbocycles. The average Bonchev–Trinajstić information content (AvgIpc) is 3.16. The summed E-state index contributed by atoms with van der Waals surface area (Å²) in [5, 5.41) is 12.7. The Bertz CT molecular complexity index is 449. The van der Waals surface area contributed by atoms with Gasteiger partial charge in [0.15, 0.2) is 0 Å². The molecule has 0 heterocycles. The van der Waals surface area contributed by atoms with Crippen LogP contribution in [0, 0.1) is 0 Å². The van der Waals surface area contributed by atoms with E-state index < -0.39 is 0 Å². The van der Waals surface area contributed by atoms with E-state index in [1.807, 2.05) is 31.2 Å². The maximum atomic E-state index is 11.9. The molecule has 19 heavy (non-hydrogen) atoms. The zero-order chi connectivity index (χ0) is 14.0. The summed E-state index contributed by atoms with van der Waals surface area (Å²) in [5.74, 6) is 0.374. The Morgan fingerprint density at radius 1 is 1.53 bits per heavy atom. The molecule has 3 atom stereocenters. The maximum Gasteiger partial charge on any atom is 0.317 e. The van der Waals surface area contributed by atoms with E-state index in [0.29, 0.717) is 5.92 Å². The molecule has 0 aliphatic heterocycles. The van der Waals surface area contributed by atoms with Gasteiger partial charge in [-0.1, -0.05) is 23.7 Å². The lowest BCUT2D eigenvalue weighted by molar-refractivity contribution is 0.157. The number of carbonyl (C=O) groups excluding carboxylic acids is 1. The van der Waals surface area contributed by atoms with Crippen LogP contribution in [0.3, 0.4) is 0 Å². The largest absolute Gasteiger partial charge is 0.394 e. The van der Waals surface area contributed by atoms with Crippen molar-refractivity contribution in [2.75, 3.05) is 13.7 Å². The molecule has 2 N–H and O–H groups in total. The minimum Gasteiger partial charge on any atom is -0.394 e. The highest BCUT2D eigenvalue weighted by atomic mass is 35.5. The third kappa shape index (κ3) is 3.39. The van der Waals surface area contributed by atoms with Crippen LogP contribution < -0.4 is 5.32 Å². The molecule has 1 aromatic rings. The normalized spacial score (nSPS) is 22.7. The van der Waals surface area contributed by atoms with Crippen LogP contribution in [-0.4, -0.2) is 41.8 Å². The molecule has 3 unspecified atom stereocenters. The molecule has 0 spiro atoms. The molecule has 1 aliphatic carbocycles. The van der Waals surface area contributed by atoms with Crippen molar-refractivity contribution in [1.29, 1.82) is 0 Å². The van der Waals surface area contributed by atoms with Crippen molar-refractivity contribution < 1.29 is 9.90 Å². The second kappa shape index (κ2) is 5.80. The molecule has 2 amide bonds. The van der Waals surface area contributed by atoms with Gasteiger partial charge in [0.05, 0.1) is 12.6 Å². The van der Waals surface area contributed by atoms with E-state index in [1.54, 1.807) is 7.05 Å². The predicted molar refractivity (Wildman–Crippen MR) is 75.4 cm³/mol. The third-order valence-corrected chi connectivity index (χ3v) is 3.90. The summed E-state index contributed by atoms with van der Waals surface area (Å²) in [6.45, 7) is 1.78. The van der Waals surface area contributed by atoms with Crippen molar-refractivity contribution in [2.24, 2.45) is 0 Å². The molecule has 1 saturated carbocycles. The number of amides is 2. The first kappa shape index (κ1) is 14.2. The highest BCUT2D eigenvalue weighted by molar-refractivity contribution is 6.30. The van der Waals surface area contributed by atoms with Gasteiger partial charge in [0.25, 0.3) is 0 Å². The van der Waals surface area contributed by atoms with Crippen LogP contribution in [0.4, 0.5) is 4.79 Å². The number of aliphatic hydroxyl groups excluding tert-OH is 1. The molecular formula is C14H19ClN2O2. The number of hydrogen-bond acceptors (Lipinski definition) is 2. The van der Waals surface area contributed by atoms with E-state index in [2.05, 4.69) is 5.32 Å². The summed E-state index contributed by atoms with van der Waals surface area (Å²) in [6, 6.07) is 7.61. The smallest absolute Gasteiger partial charge is 0.317 e. The minimum absolute atomic E-state index is 0.0325. The van der Waals surface area contributed by atoms with Crippen molar-refractivity contribution in [3.05, 3.63) is 34.9 Å². The van der Waals surface area contributed by atoms with E-state index in [-0.39, 0.29) is 24.7 Å². The molecular weight excluding hydrogens is 264 g/mol.